The predicted molar refractivity (Wildman–Crippen MR) is 80.9 cm³/mol. The molecule has 0 N–H and O–H groups in total. The lowest BCUT2D eigenvalue weighted by atomic mass is 9.93. The van der Waals surface area contributed by atoms with E-state index >= 15 is 0 Å². The van der Waals surface area contributed by atoms with Crippen LogP contribution in [-0.4, -0.2) is 27.9 Å². The van der Waals surface area contributed by atoms with Crippen molar-refractivity contribution in [2.45, 2.75) is 57.3 Å². The van der Waals surface area contributed by atoms with Crippen LogP contribution in [0.5, 0.6) is 0 Å². The number of thioether (sulfide) groups is 1. The molecule has 106 valence electrons. The minimum atomic E-state index is 0.0732. The highest BCUT2D eigenvalue weighted by Crippen LogP contribution is 2.37. The molecule has 0 spiro atoms. The van der Waals surface area contributed by atoms with Gasteiger partial charge in [0.1, 0.15) is 0 Å². The van der Waals surface area contributed by atoms with E-state index in [1.54, 1.807) is 23.6 Å². The number of anilines is 1. The number of carbonyl (C=O) groups excluding carboxylic acids is 1. The molecule has 6 heteroatoms. The maximum Gasteiger partial charge on any atom is 0.225 e. The van der Waals surface area contributed by atoms with Crippen molar-refractivity contribution in [2.75, 3.05) is 10.7 Å². The fourth-order valence-electron chi connectivity index (χ4n) is 1.60. The summed E-state index contributed by atoms with van der Waals surface area (Å²) >= 11 is 3.28. The summed E-state index contributed by atoms with van der Waals surface area (Å²) in [6.45, 7) is 8.32. The summed E-state index contributed by atoms with van der Waals surface area (Å²) in [5.74, 6) is 1.10. The Morgan fingerprint density at radius 1 is 1.47 bits per heavy atom. The lowest BCUT2D eigenvalue weighted by molar-refractivity contribution is -0.116. The number of amides is 1. The van der Waals surface area contributed by atoms with Crippen LogP contribution in [-0.2, 0) is 4.79 Å². The summed E-state index contributed by atoms with van der Waals surface area (Å²) in [7, 11) is 0. The third-order valence-electron chi connectivity index (χ3n) is 3.40. The highest BCUT2D eigenvalue weighted by atomic mass is 32.2. The fourth-order valence-corrected chi connectivity index (χ4v) is 3.75. The molecular weight excluding hydrogens is 278 g/mol. The van der Waals surface area contributed by atoms with Gasteiger partial charge < -0.3 is 0 Å². The molecule has 1 fully saturated rings. The molecule has 19 heavy (non-hydrogen) atoms. The van der Waals surface area contributed by atoms with Gasteiger partial charge in [0, 0.05) is 18.7 Å². The molecule has 1 aromatic rings. The predicted octanol–water partition coefficient (Wildman–Crippen LogP) is 3.58. The van der Waals surface area contributed by atoms with Crippen molar-refractivity contribution in [3.05, 3.63) is 0 Å². The Bertz CT molecular complexity index is 454. The molecule has 0 bridgehead atoms. The van der Waals surface area contributed by atoms with Gasteiger partial charge in [0.15, 0.2) is 4.34 Å². The van der Waals surface area contributed by atoms with E-state index in [2.05, 4.69) is 31.0 Å². The second-order valence-corrected chi connectivity index (χ2v) is 7.96. The van der Waals surface area contributed by atoms with Crippen LogP contribution in [0.15, 0.2) is 4.34 Å². The number of rotatable bonds is 6. The number of hydrogen-bond acceptors (Lipinski definition) is 5. The first-order chi connectivity index (χ1) is 8.93. The van der Waals surface area contributed by atoms with Gasteiger partial charge in [-0.1, -0.05) is 50.3 Å². The Morgan fingerprint density at radius 3 is 2.68 bits per heavy atom. The Balaban J connectivity index is 2.00. The number of carbonyl (C=O) groups is 1. The molecule has 1 aliphatic carbocycles. The average molecular weight is 299 g/mol. The van der Waals surface area contributed by atoms with Crippen molar-refractivity contribution >= 4 is 34.1 Å². The fraction of sp³-hybridized carbons (Fsp3) is 0.769. The van der Waals surface area contributed by atoms with Gasteiger partial charge in [-0.15, -0.1) is 10.2 Å². The van der Waals surface area contributed by atoms with Gasteiger partial charge in [-0.3, -0.25) is 9.69 Å². The lowest BCUT2D eigenvalue weighted by Gasteiger charge is -2.20. The van der Waals surface area contributed by atoms with Crippen LogP contribution in [0.4, 0.5) is 5.13 Å². The number of hydrogen-bond donors (Lipinski definition) is 0. The van der Waals surface area contributed by atoms with Crippen LogP contribution in [0.1, 0.15) is 47.0 Å². The Kier molecular flexibility index (Phi) is 4.50. The second kappa shape index (κ2) is 5.79. The maximum absolute atomic E-state index is 11.7. The molecule has 0 radical (unpaired) electrons. The van der Waals surface area contributed by atoms with E-state index in [0.29, 0.717) is 11.5 Å². The molecular formula is C13H21N3OS2. The Labute approximate surface area is 123 Å². The van der Waals surface area contributed by atoms with E-state index in [1.165, 1.54) is 11.3 Å². The van der Waals surface area contributed by atoms with E-state index in [9.17, 15) is 4.79 Å². The Hall–Kier alpha value is -0.620. The summed E-state index contributed by atoms with van der Waals surface area (Å²) in [5, 5.41) is 9.14. The molecule has 1 aromatic heterocycles. The normalized spacial score (nSPS) is 15.6. The maximum atomic E-state index is 11.7. The highest BCUT2D eigenvalue weighted by Gasteiger charge is 2.34. The zero-order valence-electron chi connectivity index (χ0n) is 12.0. The third kappa shape index (κ3) is 3.92. The van der Waals surface area contributed by atoms with Gasteiger partial charge >= 0.3 is 0 Å². The van der Waals surface area contributed by atoms with E-state index in [4.69, 9.17) is 0 Å². The molecule has 0 unspecified atom stereocenters. The van der Waals surface area contributed by atoms with Crippen molar-refractivity contribution in [1.82, 2.24) is 10.2 Å². The lowest BCUT2D eigenvalue weighted by Crippen LogP contribution is -2.30. The molecule has 0 atom stereocenters. The molecule has 4 nitrogen and oxygen atoms in total. The Morgan fingerprint density at radius 2 is 2.16 bits per heavy atom. The van der Waals surface area contributed by atoms with Gasteiger partial charge in [-0.05, 0) is 18.3 Å². The van der Waals surface area contributed by atoms with Crippen LogP contribution in [0.3, 0.4) is 0 Å². The van der Waals surface area contributed by atoms with Crippen LogP contribution >= 0.6 is 23.1 Å². The first-order valence-electron chi connectivity index (χ1n) is 6.69. The summed E-state index contributed by atoms with van der Waals surface area (Å²) in [6, 6.07) is 0.357. The van der Waals surface area contributed by atoms with Crippen molar-refractivity contribution in [1.29, 1.82) is 0 Å². The summed E-state index contributed by atoms with van der Waals surface area (Å²) < 4.78 is 0.962. The van der Waals surface area contributed by atoms with Crippen LogP contribution in [0.25, 0.3) is 0 Å². The molecule has 1 saturated carbocycles. The summed E-state index contributed by atoms with van der Waals surface area (Å²) in [6.07, 6.45) is 3.32. The van der Waals surface area contributed by atoms with Crippen molar-refractivity contribution in [3.63, 3.8) is 0 Å². The van der Waals surface area contributed by atoms with Crippen molar-refractivity contribution in [2.24, 2.45) is 5.41 Å². The van der Waals surface area contributed by atoms with Gasteiger partial charge in [0.2, 0.25) is 11.0 Å². The third-order valence-corrected chi connectivity index (χ3v) is 5.97. The number of aromatic nitrogens is 2. The van der Waals surface area contributed by atoms with E-state index in [0.717, 1.165) is 34.5 Å². The van der Waals surface area contributed by atoms with Gasteiger partial charge in [-0.2, -0.15) is 0 Å². The van der Waals surface area contributed by atoms with Gasteiger partial charge in [-0.25, -0.2) is 0 Å². The summed E-state index contributed by atoms with van der Waals surface area (Å²) in [5.41, 5.74) is 0.313. The molecule has 1 amide bonds. The zero-order chi connectivity index (χ0) is 14.0. The number of nitrogens with zero attached hydrogens (tertiary/aromatic N) is 3. The molecule has 0 aromatic carbocycles. The topological polar surface area (TPSA) is 46.1 Å². The monoisotopic (exact) mass is 299 g/mol. The van der Waals surface area contributed by atoms with Gasteiger partial charge in [0.25, 0.3) is 0 Å². The van der Waals surface area contributed by atoms with E-state index in [1.807, 2.05) is 0 Å². The quantitative estimate of drug-likeness (QED) is 0.595. The molecule has 1 aliphatic rings. The highest BCUT2D eigenvalue weighted by molar-refractivity contribution is 8.01. The minimum absolute atomic E-state index is 0.0732. The first kappa shape index (κ1) is 14.8. The summed E-state index contributed by atoms with van der Waals surface area (Å²) in [4.78, 5) is 13.5. The van der Waals surface area contributed by atoms with Gasteiger partial charge in [0.05, 0.1) is 0 Å². The first-order valence-corrected chi connectivity index (χ1v) is 8.49. The van der Waals surface area contributed by atoms with E-state index in [-0.39, 0.29) is 5.91 Å². The smallest absolute Gasteiger partial charge is 0.225 e. The molecule has 2 rings (SSSR count). The van der Waals surface area contributed by atoms with Crippen molar-refractivity contribution < 1.29 is 4.79 Å². The largest absolute Gasteiger partial charge is 0.284 e. The standard InChI is InChI=1S/C13H21N3OS2/c1-5-13(3,4)8-18-12-15-14-11(19-12)16(9(2)17)10-6-7-10/h10H,5-8H2,1-4H3. The van der Waals surface area contributed by atoms with E-state index < -0.39 is 0 Å². The molecule has 0 saturated heterocycles. The van der Waals surface area contributed by atoms with Crippen LogP contribution in [0.2, 0.25) is 0 Å². The van der Waals surface area contributed by atoms with Crippen LogP contribution < -0.4 is 4.90 Å². The molecule has 0 aliphatic heterocycles. The average Bonchev–Trinajstić information content (AvgIpc) is 3.05. The molecule has 1 heterocycles. The minimum Gasteiger partial charge on any atom is -0.284 e. The van der Waals surface area contributed by atoms with Crippen molar-refractivity contribution in [3.8, 4) is 0 Å². The van der Waals surface area contributed by atoms with Crippen LogP contribution in [0, 0.1) is 5.41 Å². The second-order valence-electron chi connectivity index (χ2n) is 5.78. The zero-order valence-corrected chi connectivity index (χ0v) is 13.6. The SMILES string of the molecule is CCC(C)(C)CSc1nnc(N(C(C)=O)C2CC2)s1.